The van der Waals surface area contributed by atoms with Crippen molar-refractivity contribution in [3.8, 4) is 0 Å². The molecule has 3 N–H and O–H groups in total. The van der Waals surface area contributed by atoms with E-state index in [4.69, 9.17) is 5.73 Å². The van der Waals surface area contributed by atoms with Crippen molar-refractivity contribution in [2.75, 3.05) is 5.73 Å². The first kappa shape index (κ1) is 12.0. The molecule has 1 aromatic heterocycles. The molecular weight excluding hydrogens is 228 g/mol. The normalized spacial score (nSPS) is 11.0. The largest absolute Gasteiger partial charge is 0.397 e. The molecule has 0 bridgehead atoms. The molecule has 0 aliphatic rings. The summed E-state index contributed by atoms with van der Waals surface area (Å²) in [5, 5.41) is 17.5. The Morgan fingerprint density at radius 3 is 2.56 bits per heavy atom. The first-order valence-corrected chi connectivity index (χ1v) is 5.56. The van der Waals surface area contributed by atoms with Crippen molar-refractivity contribution in [3.63, 3.8) is 0 Å². The minimum Gasteiger partial charge on any atom is -0.397 e. The molecule has 0 amide bonds. The summed E-state index contributed by atoms with van der Waals surface area (Å²) in [5.74, 6) is 0.343. The van der Waals surface area contributed by atoms with Crippen LogP contribution < -0.4 is 10.5 Å². The van der Waals surface area contributed by atoms with E-state index in [0.717, 1.165) is 15.9 Å². The van der Waals surface area contributed by atoms with E-state index in [1.165, 1.54) is 6.20 Å². The third kappa shape index (κ3) is 2.45. The number of nitrogen functional groups attached to an aromatic ring is 1. The van der Waals surface area contributed by atoms with E-state index in [1.54, 1.807) is 18.2 Å². The fraction of sp³-hybridized carbons (Fsp3) is 0.154. The monoisotopic (exact) mass is 243 g/mol. The van der Waals surface area contributed by atoms with E-state index >= 15 is 0 Å². The summed E-state index contributed by atoms with van der Waals surface area (Å²) in [6.07, 6.45) is 1.48. The molecule has 0 atom stereocenters. The number of hydrogen-bond acceptors (Lipinski definition) is 4. The van der Waals surface area contributed by atoms with Crippen LogP contribution in [0.1, 0.15) is 11.1 Å². The molecule has 0 aliphatic heterocycles. The molecule has 0 spiro atoms. The summed E-state index contributed by atoms with van der Waals surface area (Å²) in [7, 11) is 0. The number of nitrogens with zero attached hydrogens (tertiary/aromatic N) is 3. The van der Waals surface area contributed by atoms with Crippen molar-refractivity contribution in [2.24, 2.45) is 10.2 Å². The standard InChI is InChI=1S/C13H14N4O/c1-9-7-11(14)12(8-10(9)2)15-16-13-5-3-4-6-17(13)18/h3-8,14,18H,1-2H3/p+1. The quantitative estimate of drug-likeness (QED) is 0.368. The zero-order valence-electron chi connectivity index (χ0n) is 10.3. The van der Waals surface area contributed by atoms with Crippen LogP contribution in [0.2, 0.25) is 0 Å². The number of aromatic nitrogens is 1. The van der Waals surface area contributed by atoms with Crippen molar-refractivity contribution in [1.29, 1.82) is 0 Å². The summed E-state index contributed by atoms with van der Waals surface area (Å²) in [4.78, 5) is 0. The predicted molar refractivity (Wildman–Crippen MR) is 68.3 cm³/mol. The highest BCUT2D eigenvalue weighted by atomic mass is 16.5. The van der Waals surface area contributed by atoms with Crippen molar-refractivity contribution in [1.82, 2.24) is 0 Å². The van der Waals surface area contributed by atoms with Crippen LogP contribution in [0.4, 0.5) is 17.2 Å². The molecule has 1 heterocycles. The molecule has 1 aromatic carbocycles. The molecule has 0 radical (unpaired) electrons. The van der Waals surface area contributed by atoms with E-state index in [0.29, 0.717) is 17.2 Å². The Kier molecular flexibility index (Phi) is 3.23. The third-order valence-electron chi connectivity index (χ3n) is 2.72. The van der Waals surface area contributed by atoms with E-state index in [-0.39, 0.29) is 0 Å². The van der Waals surface area contributed by atoms with E-state index in [9.17, 15) is 5.21 Å². The van der Waals surface area contributed by atoms with Gasteiger partial charge in [0, 0.05) is 6.07 Å². The van der Waals surface area contributed by atoms with Gasteiger partial charge >= 0.3 is 5.82 Å². The zero-order chi connectivity index (χ0) is 13.1. The lowest BCUT2D eigenvalue weighted by molar-refractivity contribution is -0.894. The molecule has 2 rings (SSSR count). The number of benzene rings is 1. The van der Waals surface area contributed by atoms with Gasteiger partial charge in [0.1, 0.15) is 11.9 Å². The maximum absolute atomic E-state index is 9.49. The molecule has 0 saturated heterocycles. The van der Waals surface area contributed by atoms with E-state index in [2.05, 4.69) is 10.2 Å². The number of aryl methyl sites for hydroxylation is 2. The van der Waals surface area contributed by atoms with Gasteiger partial charge in [0.05, 0.1) is 10.8 Å². The number of pyridine rings is 1. The molecule has 2 aromatic rings. The van der Waals surface area contributed by atoms with Gasteiger partial charge in [-0.2, -0.15) is 0 Å². The maximum atomic E-state index is 9.49. The number of hydrogen-bond donors (Lipinski definition) is 2. The molecule has 5 nitrogen and oxygen atoms in total. The van der Waals surface area contributed by atoms with Gasteiger partial charge in [-0.15, -0.1) is 0 Å². The highest BCUT2D eigenvalue weighted by Gasteiger charge is 2.08. The smallest absolute Gasteiger partial charge is 0.388 e. The lowest BCUT2D eigenvalue weighted by Crippen LogP contribution is -2.28. The number of anilines is 1. The van der Waals surface area contributed by atoms with Crippen LogP contribution in [0.25, 0.3) is 0 Å². The first-order valence-electron chi connectivity index (χ1n) is 5.56. The van der Waals surface area contributed by atoms with Crippen molar-refractivity contribution >= 4 is 17.2 Å². The van der Waals surface area contributed by atoms with Crippen LogP contribution in [-0.4, -0.2) is 5.21 Å². The minimum absolute atomic E-state index is 0.343. The fourth-order valence-electron chi connectivity index (χ4n) is 1.52. The maximum Gasteiger partial charge on any atom is 0.388 e. The average Bonchev–Trinajstić information content (AvgIpc) is 2.34. The minimum atomic E-state index is 0.343. The summed E-state index contributed by atoms with van der Waals surface area (Å²) in [6, 6.07) is 8.86. The Labute approximate surface area is 105 Å². The SMILES string of the molecule is Cc1cc(N)c(N=Nc2cccc[n+]2O)cc1C. The Morgan fingerprint density at radius 2 is 1.83 bits per heavy atom. The van der Waals surface area contributed by atoms with E-state index < -0.39 is 0 Å². The first-order chi connectivity index (χ1) is 8.58. The van der Waals surface area contributed by atoms with Gasteiger partial charge in [-0.05, 0) is 59.1 Å². The highest BCUT2D eigenvalue weighted by molar-refractivity contribution is 5.64. The number of nitrogens with two attached hydrogens (primary N) is 1. The molecule has 0 aliphatic carbocycles. The summed E-state index contributed by atoms with van der Waals surface area (Å²) in [6.45, 7) is 3.98. The Hall–Kier alpha value is -2.43. The molecule has 0 unspecified atom stereocenters. The predicted octanol–water partition coefficient (Wildman–Crippen LogP) is 2.83. The topological polar surface area (TPSA) is 74.8 Å². The molecular formula is C13H15N4O+. The molecule has 0 saturated carbocycles. The van der Waals surface area contributed by atoms with E-state index in [1.807, 2.05) is 26.0 Å². The van der Waals surface area contributed by atoms with Crippen LogP contribution >= 0.6 is 0 Å². The second kappa shape index (κ2) is 4.83. The highest BCUT2D eigenvalue weighted by Crippen LogP contribution is 2.26. The van der Waals surface area contributed by atoms with Gasteiger partial charge in [-0.25, -0.2) is 0 Å². The molecule has 0 fully saturated rings. The molecule has 5 heteroatoms. The van der Waals surface area contributed by atoms with Crippen molar-refractivity contribution in [3.05, 3.63) is 47.7 Å². The van der Waals surface area contributed by atoms with Crippen LogP contribution in [0, 0.1) is 13.8 Å². The van der Waals surface area contributed by atoms with Crippen LogP contribution in [0.15, 0.2) is 46.8 Å². The summed E-state index contributed by atoms with van der Waals surface area (Å²) >= 11 is 0. The van der Waals surface area contributed by atoms with Crippen LogP contribution in [0.3, 0.4) is 0 Å². The van der Waals surface area contributed by atoms with Crippen molar-refractivity contribution in [2.45, 2.75) is 13.8 Å². The Balaban J connectivity index is 2.35. The Bertz CT molecular complexity index is 608. The Morgan fingerprint density at radius 1 is 1.11 bits per heavy atom. The van der Waals surface area contributed by atoms with Crippen molar-refractivity contribution < 1.29 is 9.94 Å². The summed E-state index contributed by atoms with van der Waals surface area (Å²) in [5.41, 5.74) is 9.25. The van der Waals surface area contributed by atoms with Gasteiger partial charge in [0.25, 0.3) is 0 Å². The molecule has 18 heavy (non-hydrogen) atoms. The second-order valence-electron chi connectivity index (χ2n) is 4.10. The average molecular weight is 243 g/mol. The number of azo groups is 1. The van der Waals surface area contributed by atoms with Crippen LogP contribution in [-0.2, 0) is 0 Å². The van der Waals surface area contributed by atoms with Gasteiger partial charge in [-0.1, -0.05) is 0 Å². The fourth-order valence-corrected chi connectivity index (χ4v) is 1.52. The number of rotatable bonds is 2. The second-order valence-corrected chi connectivity index (χ2v) is 4.10. The molecule has 92 valence electrons. The van der Waals surface area contributed by atoms with Gasteiger partial charge < -0.3 is 10.9 Å². The van der Waals surface area contributed by atoms with Gasteiger partial charge in [0.2, 0.25) is 0 Å². The van der Waals surface area contributed by atoms with Gasteiger partial charge in [-0.3, -0.25) is 0 Å². The summed E-state index contributed by atoms with van der Waals surface area (Å²) < 4.78 is 0.904. The lowest BCUT2D eigenvalue weighted by atomic mass is 10.1. The van der Waals surface area contributed by atoms with Crippen LogP contribution in [0.5, 0.6) is 0 Å². The lowest BCUT2D eigenvalue weighted by Gasteiger charge is -2.02. The third-order valence-corrected chi connectivity index (χ3v) is 2.72. The zero-order valence-corrected chi connectivity index (χ0v) is 10.3. The van der Waals surface area contributed by atoms with Gasteiger partial charge in [0.15, 0.2) is 0 Å².